The van der Waals surface area contributed by atoms with Crippen LogP contribution >= 0.6 is 0 Å². The second-order valence-corrected chi connectivity index (χ2v) is 3.92. The van der Waals surface area contributed by atoms with E-state index in [2.05, 4.69) is 42.7 Å². The van der Waals surface area contributed by atoms with Crippen LogP contribution in [-0.2, 0) is 6.42 Å². The molecule has 0 aliphatic heterocycles. The van der Waals surface area contributed by atoms with E-state index in [1.165, 1.54) is 11.3 Å². The van der Waals surface area contributed by atoms with Crippen molar-refractivity contribution in [1.82, 2.24) is 4.57 Å². The summed E-state index contributed by atoms with van der Waals surface area (Å²) >= 11 is 0. The lowest BCUT2D eigenvalue weighted by molar-refractivity contribution is 0.931. The van der Waals surface area contributed by atoms with Gasteiger partial charge in [-0.05, 0) is 37.6 Å². The van der Waals surface area contributed by atoms with E-state index in [4.69, 9.17) is 5.26 Å². The summed E-state index contributed by atoms with van der Waals surface area (Å²) in [5.74, 6) is 0. The van der Waals surface area contributed by atoms with Gasteiger partial charge in [-0.25, -0.2) is 0 Å². The predicted molar refractivity (Wildman–Crippen MR) is 64.6 cm³/mol. The van der Waals surface area contributed by atoms with Crippen LogP contribution in [0.2, 0.25) is 0 Å². The number of nitriles is 1. The Kier molecular flexibility index (Phi) is 2.78. The summed E-state index contributed by atoms with van der Waals surface area (Å²) in [6.07, 6.45) is 0.453. The van der Waals surface area contributed by atoms with Crippen LogP contribution < -0.4 is 0 Å². The van der Waals surface area contributed by atoms with E-state index in [9.17, 15) is 0 Å². The molecule has 0 radical (unpaired) electrons. The highest BCUT2D eigenvalue weighted by Gasteiger charge is 2.10. The number of aryl methyl sites for hydroxylation is 2. The van der Waals surface area contributed by atoms with Crippen LogP contribution in [0.5, 0.6) is 0 Å². The highest BCUT2D eigenvalue weighted by molar-refractivity contribution is 5.41. The molecule has 2 heteroatoms. The molecule has 0 spiro atoms. The maximum Gasteiger partial charge on any atom is 0.0761 e. The standard InChI is InChI=1S/C14H14N2/c1-11-10-12(2)16(14(11)8-9-15)13-6-4-3-5-7-13/h3-7,10H,8H2,1-2H3. The van der Waals surface area contributed by atoms with Crippen molar-refractivity contribution in [3.8, 4) is 11.8 Å². The molecule has 0 saturated heterocycles. The maximum atomic E-state index is 8.86. The molecule has 2 aromatic rings. The zero-order valence-corrected chi connectivity index (χ0v) is 9.57. The lowest BCUT2D eigenvalue weighted by Crippen LogP contribution is -2.02. The summed E-state index contributed by atoms with van der Waals surface area (Å²) in [6, 6.07) is 14.5. The fourth-order valence-electron chi connectivity index (χ4n) is 2.08. The number of hydrogen-bond donors (Lipinski definition) is 0. The highest BCUT2D eigenvalue weighted by Crippen LogP contribution is 2.20. The highest BCUT2D eigenvalue weighted by atomic mass is 15.0. The Bertz CT molecular complexity index is 530. The van der Waals surface area contributed by atoms with Crippen LogP contribution in [0.25, 0.3) is 5.69 Å². The number of hydrogen-bond acceptors (Lipinski definition) is 1. The second kappa shape index (κ2) is 4.24. The molecule has 0 aliphatic rings. The molecular formula is C14H14N2. The van der Waals surface area contributed by atoms with E-state index in [-0.39, 0.29) is 0 Å². The van der Waals surface area contributed by atoms with Crippen LogP contribution in [0.3, 0.4) is 0 Å². The summed E-state index contributed by atoms with van der Waals surface area (Å²) < 4.78 is 2.15. The minimum absolute atomic E-state index is 0.453. The Hall–Kier alpha value is -2.01. The number of para-hydroxylation sites is 1. The fraction of sp³-hybridized carbons (Fsp3) is 0.214. The summed E-state index contributed by atoms with van der Waals surface area (Å²) in [7, 11) is 0. The molecule has 0 N–H and O–H groups in total. The van der Waals surface area contributed by atoms with Gasteiger partial charge in [0.05, 0.1) is 12.5 Å². The van der Waals surface area contributed by atoms with Crippen molar-refractivity contribution >= 4 is 0 Å². The molecule has 1 aromatic heterocycles. The van der Waals surface area contributed by atoms with Crippen molar-refractivity contribution in [1.29, 1.82) is 5.26 Å². The van der Waals surface area contributed by atoms with E-state index in [0.29, 0.717) is 6.42 Å². The van der Waals surface area contributed by atoms with Crippen molar-refractivity contribution in [3.63, 3.8) is 0 Å². The van der Waals surface area contributed by atoms with Gasteiger partial charge in [-0.15, -0.1) is 0 Å². The third-order valence-corrected chi connectivity index (χ3v) is 2.76. The molecule has 2 rings (SSSR count). The monoisotopic (exact) mass is 210 g/mol. The van der Waals surface area contributed by atoms with E-state index >= 15 is 0 Å². The Morgan fingerprint density at radius 3 is 2.50 bits per heavy atom. The van der Waals surface area contributed by atoms with Crippen LogP contribution in [0.15, 0.2) is 36.4 Å². The van der Waals surface area contributed by atoms with Gasteiger partial charge in [-0.3, -0.25) is 0 Å². The largest absolute Gasteiger partial charge is 0.317 e. The second-order valence-electron chi connectivity index (χ2n) is 3.92. The molecule has 0 aliphatic carbocycles. The average Bonchev–Trinajstić information content (AvgIpc) is 2.56. The van der Waals surface area contributed by atoms with Gasteiger partial charge < -0.3 is 4.57 Å². The van der Waals surface area contributed by atoms with Crippen LogP contribution in [0, 0.1) is 25.2 Å². The van der Waals surface area contributed by atoms with Crippen molar-refractivity contribution in [2.45, 2.75) is 20.3 Å². The third kappa shape index (κ3) is 1.72. The summed E-state index contributed by atoms with van der Waals surface area (Å²) in [5, 5.41) is 8.86. The van der Waals surface area contributed by atoms with Gasteiger partial charge in [0.15, 0.2) is 0 Å². The molecule has 0 unspecified atom stereocenters. The number of benzene rings is 1. The quantitative estimate of drug-likeness (QED) is 0.748. The zero-order chi connectivity index (χ0) is 11.5. The first-order valence-electron chi connectivity index (χ1n) is 5.34. The van der Waals surface area contributed by atoms with Crippen molar-refractivity contribution in [3.05, 3.63) is 53.3 Å². The van der Waals surface area contributed by atoms with E-state index in [0.717, 1.165) is 11.4 Å². The Morgan fingerprint density at radius 1 is 1.19 bits per heavy atom. The molecular weight excluding hydrogens is 196 g/mol. The average molecular weight is 210 g/mol. The fourth-order valence-corrected chi connectivity index (χ4v) is 2.08. The minimum atomic E-state index is 0.453. The Morgan fingerprint density at radius 2 is 1.88 bits per heavy atom. The SMILES string of the molecule is Cc1cc(C)n(-c2ccccc2)c1CC#N. The predicted octanol–water partition coefficient (Wildman–Crippen LogP) is 3.16. The topological polar surface area (TPSA) is 28.7 Å². The number of aromatic nitrogens is 1. The number of nitrogens with zero attached hydrogens (tertiary/aromatic N) is 2. The molecule has 1 aromatic carbocycles. The molecule has 16 heavy (non-hydrogen) atoms. The van der Waals surface area contributed by atoms with Gasteiger partial charge in [0.25, 0.3) is 0 Å². The lowest BCUT2D eigenvalue weighted by Gasteiger charge is -2.10. The van der Waals surface area contributed by atoms with Crippen molar-refractivity contribution in [2.75, 3.05) is 0 Å². The zero-order valence-electron chi connectivity index (χ0n) is 9.57. The molecule has 2 nitrogen and oxygen atoms in total. The summed E-state index contributed by atoms with van der Waals surface area (Å²) in [6.45, 7) is 4.12. The van der Waals surface area contributed by atoms with E-state index < -0.39 is 0 Å². The first-order chi connectivity index (χ1) is 7.74. The Labute approximate surface area is 95.8 Å². The van der Waals surface area contributed by atoms with Gasteiger partial charge in [0, 0.05) is 17.1 Å². The lowest BCUT2D eigenvalue weighted by atomic mass is 10.2. The molecule has 0 amide bonds. The third-order valence-electron chi connectivity index (χ3n) is 2.76. The molecule has 1 heterocycles. The maximum absolute atomic E-state index is 8.86. The van der Waals surface area contributed by atoms with Crippen LogP contribution in [-0.4, -0.2) is 4.57 Å². The van der Waals surface area contributed by atoms with E-state index in [1.54, 1.807) is 0 Å². The van der Waals surface area contributed by atoms with Gasteiger partial charge in [0.2, 0.25) is 0 Å². The van der Waals surface area contributed by atoms with Crippen molar-refractivity contribution < 1.29 is 0 Å². The first kappa shape index (κ1) is 10.5. The molecule has 0 atom stereocenters. The van der Waals surface area contributed by atoms with Gasteiger partial charge in [-0.1, -0.05) is 18.2 Å². The Balaban J connectivity index is 2.61. The smallest absolute Gasteiger partial charge is 0.0761 e. The van der Waals surface area contributed by atoms with Gasteiger partial charge in [-0.2, -0.15) is 5.26 Å². The molecule has 0 fully saturated rings. The van der Waals surface area contributed by atoms with Gasteiger partial charge in [0.1, 0.15) is 0 Å². The van der Waals surface area contributed by atoms with Crippen molar-refractivity contribution in [2.24, 2.45) is 0 Å². The normalized spacial score (nSPS) is 10.1. The molecule has 80 valence electrons. The number of rotatable bonds is 2. The van der Waals surface area contributed by atoms with Crippen LogP contribution in [0.4, 0.5) is 0 Å². The molecule has 0 bridgehead atoms. The molecule has 0 saturated carbocycles. The van der Waals surface area contributed by atoms with Gasteiger partial charge >= 0.3 is 0 Å². The minimum Gasteiger partial charge on any atom is -0.317 e. The van der Waals surface area contributed by atoms with E-state index in [1.807, 2.05) is 18.2 Å². The first-order valence-corrected chi connectivity index (χ1v) is 5.34. The van der Waals surface area contributed by atoms with Crippen LogP contribution in [0.1, 0.15) is 17.0 Å². The summed E-state index contributed by atoms with van der Waals surface area (Å²) in [5.41, 5.74) is 4.57. The summed E-state index contributed by atoms with van der Waals surface area (Å²) in [4.78, 5) is 0.